The van der Waals surface area contributed by atoms with E-state index in [4.69, 9.17) is 11.6 Å². The van der Waals surface area contributed by atoms with Crippen molar-refractivity contribution in [1.82, 2.24) is 24.5 Å². The second kappa shape index (κ2) is 8.74. The highest BCUT2D eigenvalue weighted by Crippen LogP contribution is 2.32. The number of rotatable bonds is 5. The minimum Gasteiger partial charge on any atom is -0.345 e. The van der Waals surface area contributed by atoms with Crippen LogP contribution < -0.4 is 5.32 Å². The number of amides is 1. The van der Waals surface area contributed by atoms with Gasteiger partial charge in [0.2, 0.25) is 5.91 Å². The molecule has 0 aliphatic carbocycles. The average Bonchev–Trinajstić information content (AvgIpc) is 3.31. The highest BCUT2D eigenvalue weighted by atomic mass is 35.5. The zero-order valence-corrected chi connectivity index (χ0v) is 18.4. The number of carbonyl (C=O) groups excluding carboxylic acids is 1. The van der Waals surface area contributed by atoms with Crippen LogP contribution in [0.4, 0.5) is 13.2 Å². The first-order valence-electron chi connectivity index (χ1n) is 9.96. The van der Waals surface area contributed by atoms with E-state index in [2.05, 4.69) is 20.1 Å². The number of hydrogen-bond acceptors (Lipinski definition) is 3. The maximum atomic E-state index is 13.1. The Bertz CT molecular complexity index is 1360. The van der Waals surface area contributed by atoms with Crippen molar-refractivity contribution in [3.05, 3.63) is 88.1 Å². The SMILES string of the molecule is Cc1cc(/C=C/C(=O)NCc2nnc3c(Cl)cc(C(F)(F)F)cn23)c(C)n1-c1ccccc1. The highest BCUT2D eigenvalue weighted by Gasteiger charge is 2.32. The number of aryl methyl sites for hydroxylation is 1. The lowest BCUT2D eigenvalue weighted by atomic mass is 10.2. The molecule has 0 atom stereocenters. The zero-order chi connectivity index (χ0) is 23.8. The fourth-order valence-electron chi connectivity index (χ4n) is 3.60. The van der Waals surface area contributed by atoms with Gasteiger partial charge in [0.05, 0.1) is 17.1 Å². The molecule has 4 aromatic rings. The number of fused-ring (bicyclic) bond motifs is 1. The molecule has 170 valence electrons. The Morgan fingerprint density at radius 3 is 2.58 bits per heavy atom. The molecule has 3 heterocycles. The molecule has 10 heteroatoms. The fourth-order valence-corrected chi connectivity index (χ4v) is 3.84. The second-order valence-corrected chi connectivity index (χ2v) is 7.84. The number of aromatic nitrogens is 4. The van der Waals surface area contributed by atoms with Crippen LogP contribution in [0.1, 0.15) is 28.3 Å². The third-order valence-corrected chi connectivity index (χ3v) is 5.46. The van der Waals surface area contributed by atoms with Crippen molar-refractivity contribution < 1.29 is 18.0 Å². The molecule has 3 aromatic heterocycles. The minimum atomic E-state index is -4.57. The standard InChI is InChI=1S/C23H19ClF3N5O/c1-14-10-16(15(2)32(14)18-6-4-3-5-7-18)8-9-21(33)28-12-20-29-30-22-19(24)11-17(13-31(20)22)23(25,26)27/h3-11,13H,12H2,1-2H3,(H,28,33)/b9-8+. The normalized spacial score (nSPS) is 12.1. The molecule has 0 unspecified atom stereocenters. The van der Waals surface area contributed by atoms with E-state index < -0.39 is 17.6 Å². The van der Waals surface area contributed by atoms with Crippen LogP contribution in [-0.4, -0.2) is 25.1 Å². The third kappa shape index (κ3) is 4.63. The van der Waals surface area contributed by atoms with Crippen LogP contribution in [0.25, 0.3) is 17.4 Å². The van der Waals surface area contributed by atoms with Crippen molar-refractivity contribution in [2.75, 3.05) is 0 Å². The lowest BCUT2D eigenvalue weighted by Crippen LogP contribution is -2.22. The number of alkyl halides is 3. The third-order valence-electron chi connectivity index (χ3n) is 5.18. The Morgan fingerprint density at radius 1 is 1.15 bits per heavy atom. The molecule has 1 amide bonds. The zero-order valence-electron chi connectivity index (χ0n) is 17.7. The summed E-state index contributed by atoms with van der Waals surface area (Å²) >= 11 is 5.91. The topological polar surface area (TPSA) is 64.2 Å². The molecule has 0 aliphatic rings. The van der Waals surface area contributed by atoms with Crippen LogP contribution in [0.3, 0.4) is 0 Å². The van der Waals surface area contributed by atoms with E-state index in [1.165, 1.54) is 6.08 Å². The van der Waals surface area contributed by atoms with Crippen LogP contribution >= 0.6 is 11.6 Å². The van der Waals surface area contributed by atoms with Crippen LogP contribution in [0.5, 0.6) is 0 Å². The van der Waals surface area contributed by atoms with Crippen LogP contribution in [0, 0.1) is 13.8 Å². The largest absolute Gasteiger partial charge is 0.417 e. The molecule has 1 N–H and O–H groups in total. The Morgan fingerprint density at radius 2 is 1.88 bits per heavy atom. The second-order valence-electron chi connectivity index (χ2n) is 7.43. The van der Waals surface area contributed by atoms with E-state index in [1.54, 1.807) is 6.08 Å². The summed E-state index contributed by atoms with van der Waals surface area (Å²) in [6.45, 7) is 3.82. The molecule has 4 rings (SSSR count). The summed E-state index contributed by atoms with van der Waals surface area (Å²) in [7, 11) is 0. The molecule has 0 bridgehead atoms. The van der Waals surface area contributed by atoms with E-state index in [0.29, 0.717) is 0 Å². The maximum Gasteiger partial charge on any atom is 0.417 e. The number of carbonyl (C=O) groups is 1. The Balaban J connectivity index is 1.50. The van der Waals surface area contributed by atoms with Gasteiger partial charge in [-0.3, -0.25) is 9.20 Å². The van der Waals surface area contributed by atoms with Crippen molar-refractivity contribution in [1.29, 1.82) is 0 Å². The van der Waals surface area contributed by atoms with Gasteiger partial charge in [-0.15, -0.1) is 10.2 Å². The van der Waals surface area contributed by atoms with Gasteiger partial charge in [0.1, 0.15) is 0 Å². The van der Waals surface area contributed by atoms with E-state index in [-0.39, 0.29) is 23.0 Å². The molecule has 0 saturated carbocycles. The summed E-state index contributed by atoms with van der Waals surface area (Å²) in [6.07, 6.45) is -0.652. The Kier molecular flexibility index (Phi) is 5.99. The van der Waals surface area contributed by atoms with E-state index in [0.717, 1.165) is 39.3 Å². The maximum absolute atomic E-state index is 13.1. The number of halogens is 4. The monoisotopic (exact) mass is 473 g/mol. The molecule has 0 fully saturated rings. The number of nitrogens with zero attached hydrogens (tertiary/aromatic N) is 4. The smallest absolute Gasteiger partial charge is 0.345 e. The van der Waals surface area contributed by atoms with Crippen LogP contribution in [-0.2, 0) is 17.5 Å². The van der Waals surface area contributed by atoms with Gasteiger partial charge in [-0.2, -0.15) is 13.2 Å². The van der Waals surface area contributed by atoms with Crippen LogP contribution in [0.15, 0.2) is 54.7 Å². The molecular weight excluding hydrogens is 455 g/mol. The van der Waals surface area contributed by atoms with E-state index in [1.807, 2.05) is 50.2 Å². The van der Waals surface area contributed by atoms with Crippen LogP contribution in [0.2, 0.25) is 5.02 Å². The van der Waals surface area contributed by atoms with Crippen molar-refractivity contribution in [3.8, 4) is 5.69 Å². The summed E-state index contributed by atoms with van der Waals surface area (Å²) in [5, 5.41) is 10.1. The molecular formula is C23H19ClF3N5O. The Labute approximate surface area is 192 Å². The van der Waals surface area contributed by atoms with Gasteiger partial charge in [0, 0.05) is 29.3 Å². The lowest BCUT2D eigenvalue weighted by molar-refractivity contribution is -0.137. The van der Waals surface area contributed by atoms with Crippen molar-refractivity contribution in [2.24, 2.45) is 0 Å². The van der Waals surface area contributed by atoms with Gasteiger partial charge in [-0.05, 0) is 49.8 Å². The quantitative estimate of drug-likeness (QED) is 0.408. The predicted molar refractivity (Wildman–Crippen MR) is 119 cm³/mol. The molecule has 0 aliphatic heterocycles. The first kappa shape index (κ1) is 22.6. The summed E-state index contributed by atoms with van der Waals surface area (Å²) in [4.78, 5) is 12.3. The summed E-state index contributed by atoms with van der Waals surface area (Å²) < 4.78 is 42.5. The molecule has 6 nitrogen and oxygen atoms in total. The average molecular weight is 474 g/mol. The number of para-hydroxylation sites is 1. The number of nitrogens with one attached hydrogen (secondary N) is 1. The van der Waals surface area contributed by atoms with Gasteiger partial charge in [0.15, 0.2) is 11.5 Å². The number of hydrogen-bond donors (Lipinski definition) is 1. The van der Waals surface area contributed by atoms with Gasteiger partial charge in [-0.25, -0.2) is 0 Å². The first-order chi connectivity index (χ1) is 15.6. The summed E-state index contributed by atoms with van der Waals surface area (Å²) in [5.74, 6) is -0.295. The van der Waals surface area contributed by atoms with E-state index >= 15 is 0 Å². The molecule has 0 spiro atoms. The highest BCUT2D eigenvalue weighted by molar-refractivity contribution is 6.33. The Hall–Kier alpha value is -3.59. The first-order valence-corrected chi connectivity index (χ1v) is 10.3. The van der Waals surface area contributed by atoms with Gasteiger partial charge in [-0.1, -0.05) is 29.8 Å². The molecule has 0 saturated heterocycles. The molecule has 33 heavy (non-hydrogen) atoms. The van der Waals surface area contributed by atoms with E-state index in [9.17, 15) is 18.0 Å². The lowest BCUT2D eigenvalue weighted by Gasteiger charge is -2.09. The van der Waals surface area contributed by atoms with Crippen molar-refractivity contribution in [2.45, 2.75) is 26.6 Å². The number of pyridine rings is 1. The van der Waals surface area contributed by atoms with Crippen molar-refractivity contribution in [3.63, 3.8) is 0 Å². The van der Waals surface area contributed by atoms with Gasteiger partial charge >= 0.3 is 6.18 Å². The van der Waals surface area contributed by atoms with Gasteiger partial charge in [0.25, 0.3) is 0 Å². The predicted octanol–water partition coefficient (Wildman–Crippen LogP) is 5.14. The molecule has 1 aromatic carbocycles. The van der Waals surface area contributed by atoms with Crippen molar-refractivity contribution >= 4 is 29.2 Å². The summed E-state index contributed by atoms with van der Waals surface area (Å²) in [6, 6.07) is 12.6. The summed E-state index contributed by atoms with van der Waals surface area (Å²) in [5.41, 5.74) is 3.04. The minimum absolute atomic E-state index is 0.0813. The molecule has 0 radical (unpaired) electrons. The fraction of sp³-hybridized carbons (Fsp3) is 0.174. The van der Waals surface area contributed by atoms with Gasteiger partial charge < -0.3 is 9.88 Å². The number of benzene rings is 1.